The third-order valence-corrected chi connectivity index (χ3v) is 13.6. The van der Waals surface area contributed by atoms with Crippen LogP contribution < -0.4 is 60.6 Å². The van der Waals surface area contributed by atoms with Gasteiger partial charge in [0.2, 0.25) is 47.3 Å². The van der Waals surface area contributed by atoms with Crippen LogP contribution in [0.4, 0.5) is 0 Å². The van der Waals surface area contributed by atoms with E-state index in [2.05, 4.69) is 51.8 Å². The van der Waals surface area contributed by atoms with E-state index in [0.717, 1.165) is 21.7 Å². The second-order valence-corrected chi connectivity index (χ2v) is 19.9. The van der Waals surface area contributed by atoms with Gasteiger partial charge < -0.3 is 75.4 Å². The fraction of sp³-hybridized carbons (Fsp3) is 0.444. The second-order valence-electron chi connectivity index (χ2n) is 19.9. The van der Waals surface area contributed by atoms with Gasteiger partial charge in [-0.3, -0.25) is 43.3 Å². The Morgan fingerprint density at radius 3 is 2.15 bits per heavy atom. The molecule has 0 bridgehead atoms. The van der Waals surface area contributed by atoms with Gasteiger partial charge in [0.25, 0.3) is 0 Å². The largest absolute Gasteiger partial charge is 0.370 e. The number of carbonyl (C=O) groups excluding carboxylic acids is 8. The van der Waals surface area contributed by atoms with Gasteiger partial charge in [0, 0.05) is 61.3 Å². The predicted octanol–water partition coefficient (Wildman–Crippen LogP) is -0.746. The molecular formula is C54H74N16O8. The standard InChI is InChI=1S/C54H74N16O8/c1-31(2)46(47(57)72)69-52(77)44-17-10-22-70(44)53(78)41(15-7-8-20-55)65-45(71)29-63-49(74)43(25-35-27-62-39-14-6-5-13-37(35)39)68-50(75)40(16-9-21-61-54(58)59)66-51(76)42(67-48(73)38(56)26-36-28-60-30-64-36)24-32-18-19-33-11-3-4-12-34(33)23-32/h3-6,11-14,18-19,23,27-28,30-31,38,40-44,46,62H,7-10,15-17,20-22,24-26,29,55-56H2,1-2H3,(H2,57,72)(H,60,64)(H,63,74)(H,65,71)(H,66,76)(H,67,73)(H,68,75)(H,69,77)(H4,58,59,61)/t38-,40-,41-,42+,43-,44+,46-/m0/s1. The number of amides is 8. The predicted molar refractivity (Wildman–Crippen MR) is 294 cm³/mol. The Labute approximate surface area is 452 Å². The zero-order chi connectivity index (χ0) is 56.3. The van der Waals surface area contributed by atoms with Crippen molar-refractivity contribution in [2.24, 2.45) is 39.6 Å². The number of benzene rings is 3. The number of fused-ring (bicyclic) bond motifs is 2. The Balaban J connectivity index is 1.21. The highest BCUT2D eigenvalue weighted by Gasteiger charge is 2.39. The number of nitrogens with two attached hydrogens (primary N) is 5. The lowest BCUT2D eigenvalue weighted by Gasteiger charge is -2.30. The van der Waals surface area contributed by atoms with Crippen LogP contribution in [0.15, 0.2) is 90.4 Å². The SMILES string of the molecule is CC(C)[C@H](NC(=O)[C@H]1CCCN1C(=O)[C@H](CCCCN)NC(=O)CNC(=O)[C@H](Cc1c[nH]c2ccccc12)NC(=O)[C@H](CCCN=C(N)N)NC(=O)[C@@H](Cc1ccc2ccccc2c1)NC(=O)[C@@H](N)Cc1cnc[nH]1)C(N)=O. The molecule has 2 aromatic heterocycles. The number of primary amides is 1. The number of rotatable bonds is 29. The molecule has 3 heterocycles. The second kappa shape index (κ2) is 28.7. The molecule has 24 heteroatoms. The third-order valence-electron chi connectivity index (χ3n) is 13.6. The molecule has 0 aliphatic carbocycles. The molecule has 1 fully saturated rings. The van der Waals surface area contributed by atoms with Crippen molar-refractivity contribution in [3.05, 3.63) is 102 Å². The minimum atomic E-state index is -1.34. The summed E-state index contributed by atoms with van der Waals surface area (Å²) in [6, 6.07) is 12.7. The molecule has 0 spiro atoms. The van der Waals surface area contributed by atoms with Crippen molar-refractivity contribution >= 4 is 74.9 Å². The molecule has 1 saturated heterocycles. The highest BCUT2D eigenvalue weighted by Crippen LogP contribution is 2.23. The molecule has 418 valence electrons. The van der Waals surface area contributed by atoms with Crippen molar-refractivity contribution in [2.45, 2.75) is 120 Å². The number of aromatic nitrogens is 3. The summed E-state index contributed by atoms with van der Waals surface area (Å²) in [6.45, 7) is 3.51. The van der Waals surface area contributed by atoms with Crippen LogP contribution in [0.5, 0.6) is 0 Å². The van der Waals surface area contributed by atoms with Crippen LogP contribution in [0, 0.1) is 5.92 Å². The van der Waals surface area contributed by atoms with Crippen LogP contribution >= 0.6 is 0 Å². The topological polar surface area (TPSA) is 399 Å². The number of guanidine groups is 1. The highest BCUT2D eigenvalue weighted by atomic mass is 16.2. The van der Waals surface area contributed by atoms with E-state index in [4.69, 9.17) is 28.7 Å². The molecule has 1 aliphatic heterocycles. The number of unbranched alkanes of at least 4 members (excludes halogenated alkanes) is 1. The minimum absolute atomic E-state index is 0.0122. The Morgan fingerprint density at radius 2 is 1.44 bits per heavy atom. The molecular weight excluding hydrogens is 1000 g/mol. The zero-order valence-corrected chi connectivity index (χ0v) is 44.1. The lowest BCUT2D eigenvalue weighted by Crippen LogP contribution is -2.59. The maximum absolute atomic E-state index is 14.7. The van der Waals surface area contributed by atoms with Crippen molar-refractivity contribution in [3.63, 3.8) is 0 Å². The van der Waals surface area contributed by atoms with E-state index in [1.54, 1.807) is 20.0 Å². The summed E-state index contributed by atoms with van der Waals surface area (Å²) in [5, 5.41) is 19.1. The van der Waals surface area contributed by atoms with Crippen molar-refractivity contribution < 1.29 is 38.4 Å². The van der Waals surface area contributed by atoms with Crippen molar-refractivity contribution in [1.82, 2.24) is 51.8 Å². The number of imidazole rings is 1. The van der Waals surface area contributed by atoms with Crippen molar-refractivity contribution in [2.75, 3.05) is 26.2 Å². The van der Waals surface area contributed by atoms with Crippen LogP contribution in [0.25, 0.3) is 21.7 Å². The third kappa shape index (κ3) is 16.8. The van der Waals surface area contributed by atoms with Crippen molar-refractivity contribution in [1.29, 1.82) is 0 Å². The lowest BCUT2D eigenvalue weighted by molar-refractivity contribution is -0.142. The number of aliphatic imine (C=N–C) groups is 1. The fourth-order valence-electron chi connectivity index (χ4n) is 9.47. The number of likely N-dealkylation sites (tertiary alicyclic amines) is 1. The maximum atomic E-state index is 14.7. The lowest BCUT2D eigenvalue weighted by atomic mass is 9.99. The average molecular weight is 1080 g/mol. The number of hydrogen-bond donors (Lipinski definition) is 13. The van der Waals surface area contributed by atoms with Gasteiger partial charge >= 0.3 is 0 Å². The zero-order valence-electron chi connectivity index (χ0n) is 44.1. The Kier molecular flexibility index (Phi) is 21.6. The minimum Gasteiger partial charge on any atom is -0.370 e. The van der Waals surface area contributed by atoms with E-state index in [9.17, 15) is 38.4 Å². The molecule has 24 nitrogen and oxygen atoms in total. The van der Waals surface area contributed by atoms with E-state index in [1.807, 2.05) is 66.7 Å². The number of para-hydroxylation sites is 1. The molecule has 5 aromatic rings. The maximum Gasteiger partial charge on any atom is 0.245 e. The van der Waals surface area contributed by atoms with E-state index < -0.39 is 96.1 Å². The summed E-state index contributed by atoms with van der Waals surface area (Å²) in [4.78, 5) is 126. The first kappa shape index (κ1) is 58.9. The molecule has 3 aromatic carbocycles. The number of aromatic amines is 2. The van der Waals surface area contributed by atoms with E-state index >= 15 is 0 Å². The number of nitrogens with zero attached hydrogens (tertiary/aromatic N) is 3. The van der Waals surface area contributed by atoms with Crippen LogP contribution in [-0.2, 0) is 57.6 Å². The normalized spacial score (nSPS) is 15.6. The Morgan fingerprint density at radius 1 is 0.744 bits per heavy atom. The molecule has 6 rings (SSSR count). The van der Waals surface area contributed by atoms with Crippen LogP contribution in [0.2, 0.25) is 0 Å². The summed E-state index contributed by atoms with van der Waals surface area (Å²) in [5.74, 6) is -5.85. The van der Waals surface area contributed by atoms with Crippen LogP contribution in [-0.4, -0.2) is 142 Å². The number of H-pyrrole nitrogens is 2. The van der Waals surface area contributed by atoms with Crippen LogP contribution in [0.3, 0.4) is 0 Å². The van der Waals surface area contributed by atoms with Gasteiger partial charge in [-0.25, -0.2) is 4.98 Å². The first-order chi connectivity index (χ1) is 37.4. The van der Waals surface area contributed by atoms with Gasteiger partial charge in [-0.15, -0.1) is 0 Å². The molecule has 8 amide bonds. The number of hydrogen-bond acceptors (Lipinski definition) is 12. The van der Waals surface area contributed by atoms with E-state index in [-0.39, 0.29) is 63.5 Å². The van der Waals surface area contributed by atoms with Gasteiger partial charge in [0.15, 0.2) is 5.96 Å². The first-order valence-electron chi connectivity index (χ1n) is 26.3. The molecule has 0 unspecified atom stereocenters. The van der Waals surface area contributed by atoms with Gasteiger partial charge in [-0.2, -0.15) is 0 Å². The monoisotopic (exact) mass is 1070 g/mol. The van der Waals surface area contributed by atoms with Gasteiger partial charge in [0.05, 0.1) is 18.9 Å². The van der Waals surface area contributed by atoms with Crippen molar-refractivity contribution in [3.8, 4) is 0 Å². The molecule has 18 N–H and O–H groups in total. The van der Waals surface area contributed by atoms with E-state index in [1.165, 1.54) is 17.4 Å². The summed E-state index contributed by atoms with van der Waals surface area (Å²) in [7, 11) is 0. The molecule has 0 saturated carbocycles. The Hall–Kier alpha value is -8.38. The van der Waals surface area contributed by atoms with Crippen LogP contribution in [0.1, 0.15) is 75.6 Å². The summed E-state index contributed by atoms with van der Waals surface area (Å²) in [6.07, 6.45) is 6.93. The van der Waals surface area contributed by atoms with Gasteiger partial charge in [-0.05, 0) is 85.4 Å². The molecule has 1 aliphatic rings. The highest BCUT2D eigenvalue weighted by molar-refractivity contribution is 5.98. The first-order valence-corrected chi connectivity index (χ1v) is 26.3. The Bertz CT molecular complexity index is 2900. The summed E-state index contributed by atoms with van der Waals surface area (Å²) < 4.78 is 0. The molecule has 7 atom stereocenters. The molecule has 78 heavy (non-hydrogen) atoms. The quantitative estimate of drug-likeness (QED) is 0.0160. The summed E-state index contributed by atoms with van der Waals surface area (Å²) in [5.41, 5.74) is 31.6. The number of nitrogens with one attached hydrogen (secondary N) is 8. The average Bonchev–Trinajstić information content (AvgIpc) is 4.23. The smallest absolute Gasteiger partial charge is 0.245 e. The van der Waals surface area contributed by atoms with E-state index in [0.29, 0.717) is 49.0 Å². The number of carbonyl (C=O) groups is 8. The fourth-order valence-corrected chi connectivity index (χ4v) is 9.47. The summed E-state index contributed by atoms with van der Waals surface area (Å²) >= 11 is 0. The molecule has 0 radical (unpaired) electrons. The van der Waals surface area contributed by atoms with Gasteiger partial charge in [0.1, 0.15) is 36.3 Å². The van der Waals surface area contributed by atoms with Gasteiger partial charge in [-0.1, -0.05) is 74.5 Å².